The van der Waals surface area contributed by atoms with Gasteiger partial charge in [0.2, 0.25) is 23.6 Å². The van der Waals surface area contributed by atoms with Gasteiger partial charge in [-0.25, -0.2) is 4.79 Å². The van der Waals surface area contributed by atoms with E-state index in [1.165, 1.54) is 12.1 Å². The zero-order chi connectivity index (χ0) is 30.8. The van der Waals surface area contributed by atoms with E-state index in [0.29, 0.717) is 11.1 Å². The molecule has 3 aromatic rings. The number of fused-ring (bicyclic) bond motifs is 1. The van der Waals surface area contributed by atoms with Crippen molar-refractivity contribution in [2.75, 3.05) is 6.61 Å². The molecule has 4 atom stereocenters. The Kier molecular flexibility index (Phi) is 11.0. The Labute approximate surface area is 240 Å². The van der Waals surface area contributed by atoms with E-state index in [2.05, 4.69) is 20.9 Å². The molecule has 2 aromatic carbocycles. The number of para-hydroxylation sites is 1. The first-order valence-electron chi connectivity index (χ1n) is 13.1. The molecule has 14 heteroatoms. The molecule has 0 bridgehead atoms. The number of phenols is 1. The number of aromatic amines is 1. The second kappa shape index (κ2) is 14.6. The van der Waals surface area contributed by atoms with Crippen LogP contribution in [0.4, 0.5) is 0 Å². The quantitative estimate of drug-likeness (QED) is 0.104. The fourth-order valence-electron chi connectivity index (χ4n) is 4.27. The summed E-state index contributed by atoms with van der Waals surface area (Å²) in [5, 5.41) is 36.8. The molecule has 4 amide bonds. The topological polar surface area (TPSA) is 250 Å². The highest BCUT2D eigenvalue weighted by Gasteiger charge is 2.30. The molecule has 224 valence electrons. The zero-order valence-electron chi connectivity index (χ0n) is 22.6. The number of carboxylic acids is 1. The number of carbonyl (C=O) groups excluding carboxylic acids is 4. The van der Waals surface area contributed by atoms with Gasteiger partial charge in [0, 0.05) is 29.9 Å². The predicted octanol–water partition coefficient (Wildman–Crippen LogP) is -1.22. The number of rotatable bonds is 15. The molecular formula is C28H34N6O8. The number of amides is 4. The van der Waals surface area contributed by atoms with E-state index in [-0.39, 0.29) is 31.4 Å². The maximum Gasteiger partial charge on any atom is 0.326 e. The number of carboxylic acid groups (broad SMARTS) is 1. The molecule has 42 heavy (non-hydrogen) atoms. The highest BCUT2D eigenvalue weighted by Crippen LogP contribution is 2.19. The number of H-pyrrole nitrogens is 1. The Bertz CT molecular complexity index is 1420. The molecule has 0 saturated heterocycles. The summed E-state index contributed by atoms with van der Waals surface area (Å²) in [4.78, 5) is 65.0. The van der Waals surface area contributed by atoms with Gasteiger partial charge in [0.15, 0.2) is 0 Å². The van der Waals surface area contributed by atoms with E-state index < -0.39 is 60.4 Å². The molecule has 14 nitrogen and oxygen atoms in total. The number of aliphatic hydroxyl groups excluding tert-OH is 1. The molecule has 4 unspecified atom stereocenters. The van der Waals surface area contributed by atoms with Crippen LogP contribution < -0.4 is 27.4 Å². The van der Waals surface area contributed by atoms with Gasteiger partial charge in [0.25, 0.3) is 0 Å². The van der Waals surface area contributed by atoms with Crippen LogP contribution in [0, 0.1) is 0 Å². The second-order valence-electron chi connectivity index (χ2n) is 9.75. The van der Waals surface area contributed by atoms with E-state index in [1.807, 2.05) is 12.1 Å². The van der Waals surface area contributed by atoms with Gasteiger partial charge in [-0.05, 0) is 42.2 Å². The van der Waals surface area contributed by atoms with Gasteiger partial charge in [-0.1, -0.05) is 30.3 Å². The largest absolute Gasteiger partial charge is 0.508 e. The lowest BCUT2D eigenvalue weighted by Crippen LogP contribution is -2.58. The van der Waals surface area contributed by atoms with Gasteiger partial charge in [-0.15, -0.1) is 0 Å². The van der Waals surface area contributed by atoms with Crippen LogP contribution in [0.25, 0.3) is 10.9 Å². The minimum absolute atomic E-state index is 0.0371. The number of benzene rings is 2. The molecule has 1 aromatic heterocycles. The van der Waals surface area contributed by atoms with Crippen molar-refractivity contribution in [3.05, 3.63) is 65.9 Å². The highest BCUT2D eigenvalue weighted by atomic mass is 16.4. The number of aromatic hydroxyl groups is 1. The average Bonchev–Trinajstić information content (AvgIpc) is 3.36. The fourth-order valence-corrected chi connectivity index (χ4v) is 4.27. The monoisotopic (exact) mass is 582 g/mol. The third-order valence-electron chi connectivity index (χ3n) is 6.57. The summed E-state index contributed by atoms with van der Waals surface area (Å²) < 4.78 is 0. The third-order valence-corrected chi connectivity index (χ3v) is 6.57. The van der Waals surface area contributed by atoms with Gasteiger partial charge in [0.1, 0.15) is 23.9 Å². The summed E-state index contributed by atoms with van der Waals surface area (Å²) in [5.41, 5.74) is 13.3. The second-order valence-corrected chi connectivity index (χ2v) is 9.75. The zero-order valence-corrected chi connectivity index (χ0v) is 22.6. The lowest BCUT2D eigenvalue weighted by Gasteiger charge is -2.24. The van der Waals surface area contributed by atoms with Crippen LogP contribution in [0.5, 0.6) is 5.75 Å². The Morgan fingerprint density at radius 3 is 2.10 bits per heavy atom. The van der Waals surface area contributed by atoms with Crippen molar-refractivity contribution in [1.82, 2.24) is 20.9 Å². The number of phenolic OH excluding ortho intramolecular Hbond substituents is 1. The molecular weight excluding hydrogens is 548 g/mol. The Morgan fingerprint density at radius 1 is 0.833 bits per heavy atom. The summed E-state index contributed by atoms with van der Waals surface area (Å²) in [7, 11) is 0. The van der Waals surface area contributed by atoms with E-state index in [0.717, 1.165) is 10.9 Å². The number of aliphatic hydroxyl groups is 1. The molecule has 1 heterocycles. The highest BCUT2D eigenvalue weighted by molar-refractivity contribution is 5.94. The summed E-state index contributed by atoms with van der Waals surface area (Å²) in [6.45, 7) is -0.881. The first kappa shape index (κ1) is 31.6. The van der Waals surface area contributed by atoms with Gasteiger partial charge >= 0.3 is 5.97 Å². The minimum atomic E-state index is -1.57. The molecule has 0 saturated carbocycles. The average molecular weight is 583 g/mol. The van der Waals surface area contributed by atoms with Crippen LogP contribution in [0.3, 0.4) is 0 Å². The Balaban J connectivity index is 1.66. The van der Waals surface area contributed by atoms with E-state index in [1.54, 1.807) is 30.5 Å². The minimum Gasteiger partial charge on any atom is -0.508 e. The van der Waals surface area contributed by atoms with Crippen LogP contribution in [-0.2, 0) is 36.8 Å². The normalized spacial score (nSPS) is 13.9. The smallest absolute Gasteiger partial charge is 0.326 e. The van der Waals surface area contributed by atoms with Crippen molar-refractivity contribution < 1.29 is 39.3 Å². The van der Waals surface area contributed by atoms with Crippen molar-refractivity contribution in [3.8, 4) is 5.75 Å². The predicted molar refractivity (Wildman–Crippen MR) is 151 cm³/mol. The van der Waals surface area contributed by atoms with Crippen molar-refractivity contribution in [3.63, 3.8) is 0 Å². The molecule has 0 fully saturated rings. The number of aromatic nitrogens is 1. The lowest BCUT2D eigenvalue weighted by molar-refractivity contribution is -0.142. The summed E-state index contributed by atoms with van der Waals surface area (Å²) in [6, 6.07) is 7.84. The van der Waals surface area contributed by atoms with Crippen LogP contribution in [0.2, 0.25) is 0 Å². The van der Waals surface area contributed by atoms with Crippen LogP contribution in [0.1, 0.15) is 24.0 Å². The molecule has 0 radical (unpaired) electrons. The summed E-state index contributed by atoms with van der Waals surface area (Å²) >= 11 is 0. The van der Waals surface area contributed by atoms with Crippen LogP contribution >= 0.6 is 0 Å². The lowest BCUT2D eigenvalue weighted by atomic mass is 10.0. The Hall–Kier alpha value is -4.95. The van der Waals surface area contributed by atoms with Gasteiger partial charge < -0.3 is 47.7 Å². The van der Waals surface area contributed by atoms with Crippen molar-refractivity contribution >= 4 is 40.5 Å². The first-order chi connectivity index (χ1) is 20.0. The molecule has 0 spiro atoms. The van der Waals surface area contributed by atoms with Gasteiger partial charge in [0.05, 0.1) is 12.6 Å². The van der Waals surface area contributed by atoms with Gasteiger partial charge in [-0.2, -0.15) is 0 Å². The van der Waals surface area contributed by atoms with Crippen molar-refractivity contribution in [2.45, 2.75) is 49.9 Å². The maximum absolute atomic E-state index is 13.0. The molecule has 3 rings (SSSR count). The number of nitrogens with one attached hydrogen (secondary N) is 4. The number of hydrogen-bond donors (Lipinski definition) is 9. The third kappa shape index (κ3) is 8.78. The van der Waals surface area contributed by atoms with E-state index in [4.69, 9.17) is 11.5 Å². The van der Waals surface area contributed by atoms with E-state index >= 15 is 0 Å². The number of nitrogens with two attached hydrogens (primary N) is 2. The summed E-state index contributed by atoms with van der Waals surface area (Å²) in [6.07, 6.45) is 1.12. The molecule has 0 aliphatic heterocycles. The number of hydrogen-bond acceptors (Lipinski definition) is 8. The molecule has 0 aliphatic rings. The van der Waals surface area contributed by atoms with E-state index in [9.17, 15) is 39.3 Å². The maximum atomic E-state index is 13.0. The standard InChI is InChI=1S/C28H34N6O8/c29-19(11-15-5-7-17(36)8-6-15)25(38)32-21(9-10-24(30)37)26(39)34-23(14-35)27(40)33-22(28(41)42)12-16-13-31-20-4-2-1-3-18(16)20/h1-8,13,19,21-23,31,35-36H,9-12,14,29H2,(H2,30,37)(H,32,38)(H,33,40)(H,34,39)(H,41,42). The number of primary amides is 1. The number of carbonyl (C=O) groups is 5. The number of aliphatic carboxylic acids is 1. The van der Waals surface area contributed by atoms with Crippen LogP contribution in [-0.4, -0.2) is 80.7 Å². The summed E-state index contributed by atoms with van der Waals surface area (Å²) in [5.74, 6) is -4.65. The molecule has 0 aliphatic carbocycles. The SMILES string of the molecule is NC(=O)CCC(NC(=O)C(N)Cc1ccc(O)cc1)C(=O)NC(CO)C(=O)NC(Cc1c[nH]c2ccccc12)C(=O)O. The first-order valence-corrected chi connectivity index (χ1v) is 13.1. The van der Waals surface area contributed by atoms with Crippen LogP contribution in [0.15, 0.2) is 54.7 Å². The molecule has 11 N–H and O–H groups in total. The van der Waals surface area contributed by atoms with Crippen molar-refractivity contribution in [1.29, 1.82) is 0 Å². The van der Waals surface area contributed by atoms with Gasteiger partial charge in [-0.3, -0.25) is 19.2 Å². The Morgan fingerprint density at radius 2 is 1.45 bits per heavy atom. The fraction of sp³-hybridized carbons (Fsp3) is 0.321. The van der Waals surface area contributed by atoms with Crippen molar-refractivity contribution in [2.24, 2.45) is 11.5 Å².